The van der Waals surface area contributed by atoms with Gasteiger partial charge in [-0.05, 0) is 45.2 Å². The quantitative estimate of drug-likeness (QED) is 0.584. The first kappa shape index (κ1) is 20.9. The van der Waals surface area contributed by atoms with Crippen LogP contribution in [0.15, 0.2) is 41.0 Å². The van der Waals surface area contributed by atoms with E-state index in [4.69, 9.17) is 4.42 Å². The van der Waals surface area contributed by atoms with Gasteiger partial charge in [0.15, 0.2) is 5.58 Å². The third-order valence-corrected chi connectivity index (χ3v) is 7.18. The molecule has 2 aromatic heterocycles. The lowest BCUT2D eigenvalue weighted by molar-refractivity contribution is -0.127. The average Bonchev–Trinajstić information content (AvgIpc) is 3.24. The maximum atomic E-state index is 13.9. The smallest absolute Gasteiger partial charge is 0.276 e. The Morgan fingerprint density at radius 2 is 1.84 bits per heavy atom. The number of amides is 2. The van der Waals surface area contributed by atoms with Crippen molar-refractivity contribution in [3.05, 3.63) is 53.4 Å². The standard InChI is InChI=1S/C26H31N3O3/c1-17-10-11-20(18(2)14-17)29-24(30)22-15-23-21(12-13-32-23)28(22)16-26(29,3)25(31)27-19-8-6-4-5-7-9-19/h10-15,19H,4-9,16H2,1-3H3,(H,27,31)/t26-/m1/s1. The minimum absolute atomic E-state index is 0.0891. The van der Waals surface area contributed by atoms with Crippen LogP contribution in [0.5, 0.6) is 0 Å². The maximum Gasteiger partial charge on any atom is 0.276 e. The molecule has 2 amide bonds. The van der Waals surface area contributed by atoms with Crippen LogP contribution in [0.4, 0.5) is 5.69 Å². The Hall–Kier alpha value is -3.02. The molecule has 1 aliphatic carbocycles. The molecular formula is C26H31N3O3. The summed E-state index contributed by atoms with van der Waals surface area (Å²) in [6, 6.07) is 9.84. The number of rotatable bonds is 3. The molecule has 1 fully saturated rings. The fourth-order valence-corrected chi connectivity index (χ4v) is 5.41. The Bertz CT molecular complexity index is 1180. The lowest BCUT2D eigenvalue weighted by Crippen LogP contribution is -2.65. The minimum Gasteiger partial charge on any atom is -0.463 e. The van der Waals surface area contributed by atoms with Crippen molar-refractivity contribution in [2.45, 2.75) is 77.4 Å². The summed E-state index contributed by atoms with van der Waals surface area (Å²) in [5, 5.41) is 3.32. The first-order chi connectivity index (χ1) is 15.4. The lowest BCUT2D eigenvalue weighted by atomic mass is 9.92. The number of aromatic nitrogens is 1. The van der Waals surface area contributed by atoms with Gasteiger partial charge < -0.3 is 14.3 Å². The predicted molar refractivity (Wildman–Crippen MR) is 125 cm³/mol. The molecule has 1 aliphatic heterocycles. The third kappa shape index (κ3) is 3.33. The van der Waals surface area contributed by atoms with Gasteiger partial charge in [-0.3, -0.25) is 14.5 Å². The van der Waals surface area contributed by atoms with Crippen molar-refractivity contribution < 1.29 is 14.0 Å². The van der Waals surface area contributed by atoms with Gasteiger partial charge in [-0.15, -0.1) is 0 Å². The van der Waals surface area contributed by atoms with Gasteiger partial charge in [0.05, 0.1) is 18.3 Å². The van der Waals surface area contributed by atoms with Crippen LogP contribution in [0, 0.1) is 13.8 Å². The van der Waals surface area contributed by atoms with E-state index in [2.05, 4.69) is 11.4 Å². The van der Waals surface area contributed by atoms with Crippen molar-refractivity contribution in [3.63, 3.8) is 0 Å². The Kier molecular flexibility index (Phi) is 5.11. The van der Waals surface area contributed by atoms with Crippen molar-refractivity contribution in [1.29, 1.82) is 0 Å². The van der Waals surface area contributed by atoms with E-state index in [9.17, 15) is 9.59 Å². The highest BCUT2D eigenvalue weighted by molar-refractivity contribution is 6.14. The summed E-state index contributed by atoms with van der Waals surface area (Å²) in [5.41, 5.74) is 3.91. The maximum absolute atomic E-state index is 13.9. The highest BCUT2D eigenvalue weighted by atomic mass is 16.3. The average molecular weight is 434 g/mol. The second-order valence-corrected chi connectivity index (χ2v) is 9.65. The number of furan rings is 1. The first-order valence-electron chi connectivity index (χ1n) is 11.7. The van der Waals surface area contributed by atoms with Gasteiger partial charge in [-0.1, -0.05) is 43.4 Å². The van der Waals surface area contributed by atoms with E-state index in [-0.39, 0.29) is 17.9 Å². The summed E-state index contributed by atoms with van der Waals surface area (Å²) in [7, 11) is 0. The van der Waals surface area contributed by atoms with Gasteiger partial charge in [0.25, 0.3) is 5.91 Å². The molecule has 32 heavy (non-hydrogen) atoms. The third-order valence-electron chi connectivity index (χ3n) is 7.18. The Morgan fingerprint density at radius 3 is 2.56 bits per heavy atom. The zero-order valence-electron chi connectivity index (χ0n) is 19.1. The molecule has 3 aromatic rings. The van der Waals surface area contributed by atoms with Crippen LogP contribution < -0.4 is 10.2 Å². The summed E-state index contributed by atoms with van der Waals surface area (Å²) in [6.45, 7) is 6.30. The molecule has 1 aromatic carbocycles. The molecule has 1 atom stereocenters. The number of carbonyl (C=O) groups excluding carboxylic acids is 2. The number of carbonyl (C=O) groups is 2. The molecule has 2 aliphatic rings. The first-order valence-corrected chi connectivity index (χ1v) is 11.7. The summed E-state index contributed by atoms with van der Waals surface area (Å²) in [6.07, 6.45) is 8.35. The van der Waals surface area contributed by atoms with Gasteiger partial charge in [-0.25, -0.2) is 0 Å². The van der Waals surface area contributed by atoms with E-state index in [0.29, 0.717) is 17.8 Å². The number of aryl methyl sites for hydroxylation is 2. The number of hydrogen-bond acceptors (Lipinski definition) is 3. The fraction of sp³-hybridized carbons (Fsp3) is 0.462. The van der Waals surface area contributed by atoms with Crippen LogP contribution in [-0.2, 0) is 11.3 Å². The van der Waals surface area contributed by atoms with Crippen molar-refractivity contribution in [2.24, 2.45) is 0 Å². The molecular weight excluding hydrogens is 402 g/mol. The van der Waals surface area contributed by atoms with Gasteiger partial charge in [0.1, 0.15) is 11.2 Å². The van der Waals surface area contributed by atoms with Crippen LogP contribution >= 0.6 is 0 Å². The van der Waals surface area contributed by atoms with E-state index < -0.39 is 5.54 Å². The van der Waals surface area contributed by atoms with Gasteiger partial charge in [0, 0.05) is 23.9 Å². The number of nitrogens with one attached hydrogen (secondary N) is 1. The monoisotopic (exact) mass is 433 g/mol. The minimum atomic E-state index is -1.06. The SMILES string of the molecule is Cc1ccc(N2C(=O)c3cc4occc4n3C[C@]2(C)C(=O)NC2CCCCCC2)c(C)c1. The summed E-state index contributed by atoms with van der Waals surface area (Å²) in [4.78, 5) is 29.5. The van der Waals surface area contributed by atoms with E-state index in [1.54, 1.807) is 17.2 Å². The molecule has 1 saturated carbocycles. The molecule has 0 bridgehead atoms. The van der Waals surface area contributed by atoms with E-state index >= 15 is 0 Å². The normalized spacial score (nSPS) is 22.1. The Labute approximate surface area is 188 Å². The number of fused-ring (bicyclic) bond motifs is 3. The molecule has 0 radical (unpaired) electrons. The second kappa shape index (κ2) is 7.84. The molecule has 5 rings (SSSR count). The zero-order valence-corrected chi connectivity index (χ0v) is 19.1. The lowest BCUT2D eigenvalue weighted by Gasteiger charge is -2.45. The van der Waals surface area contributed by atoms with Gasteiger partial charge >= 0.3 is 0 Å². The number of nitrogens with zero attached hydrogens (tertiary/aromatic N) is 2. The second-order valence-electron chi connectivity index (χ2n) is 9.65. The molecule has 6 nitrogen and oxygen atoms in total. The van der Waals surface area contributed by atoms with Crippen LogP contribution in [0.1, 0.15) is 67.1 Å². The van der Waals surface area contributed by atoms with Crippen molar-refractivity contribution in [1.82, 2.24) is 9.88 Å². The van der Waals surface area contributed by atoms with Crippen LogP contribution in [0.25, 0.3) is 11.1 Å². The van der Waals surface area contributed by atoms with Gasteiger partial charge in [-0.2, -0.15) is 0 Å². The number of benzene rings is 1. The van der Waals surface area contributed by atoms with Gasteiger partial charge in [0.2, 0.25) is 5.91 Å². The molecule has 168 valence electrons. The zero-order chi connectivity index (χ0) is 22.5. The van der Waals surface area contributed by atoms with E-state index in [1.807, 2.05) is 43.5 Å². The van der Waals surface area contributed by atoms with Crippen molar-refractivity contribution in [3.8, 4) is 0 Å². The molecule has 3 heterocycles. The molecule has 0 saturated heterocycles. The highest BCUT2D eigenvalue weighted by Crippen LogP contribution is 2.38. The molecule has 1 N–H and O–H groups in total. The van der Waals surface area contributed by atoms with Crippen LogP contribution in [0.2, 0.25) is 0 Å². The topological polar surface area (TPSA) is 67.5 Å². The van der Waals surface area contributed by atoms with Crippen LogP contribution in [0.3, 0.4) is 0 Å². The molecule has 6 heteroatoms. The fourth-order valence-electron chi connectivity index (χ4n) is 5.41. The number of hydrogen-bond donors (Lipinski definition) is 1. The summed E-state index contributed by atoms with van der Waals surface area (Å²) >= 11 is 0. The number of anilines is 1. The highest BCUT2D eigenvalue weighted by Gasteiger charge is 2.49. The summed E-state index contributed by atoms with van der Waals surface area (Å²) in [5.74, 6) is -0.262. The molecule has 0 unspecified atom stereocenters. The van der Waals surface area contributed by atoms with Crippen molar-refractivity contribution >= 4 is 28.6 Å². The van der Waals surface area contributed by atoms with E-state index in [0.717, 1.165) is 48.0 Å². The Balaban J connectivity index is 1.60. The van der Waals surface area contributed by atoms with Crippen LogP contribution in [-0.4, -0.2) is 28.0 Å². The molecule has 0 spiro atoms. The summed E-state index contributed by atoms with van der Waals surface area (Å²) < 4.78 is 7.51. The largest absolute Gasteiger partial charge is 0.463 e. The van der Waals surface area contributed by atoms with E-state index in [1.165, 1.54) is 12.8 Å². The predicted octanol–water partition coefficient (Wildman–Crippen LogP) is 5.11. The Morgan fingerprint density at radius 1 is 1.09 bits per heavy atom. The van der Waals surface area contributed by atoms with Crippen molar-refractivity contribution in [2.75, 3.05) is 4.90 Å².